The summed E-state index contributed by atoms with van der Waals surface area (Å²) in [7, 11) is 0. The average molecular weight is 301 g/mol. The molecule has 0 N–H and O–H groups in total. The molecule has 0 aromatic heterocycles. The van der Waals surface area contributed by atoms with Gasteiger partial charge in [-0.15, -0.1) is 0 Å². The maximum absolute atomic E-state index is 12.7. The molecule has 98 valence electrons. The number of fused-ring (bicyclic) bond motifs is 1. The minimum atomic E-state index is -0.155. The zero-order valence-electron chi connectivity index (χ0n) is 10.4. The first-order chi connectivity index (χ1) is 9.68. The van der Waals surface area contributed by atoms with Crippen molar-refractivity contribution < 1.29 is 4.79 Å². The largest absolute Gasteiger partial charge is 0.288 e. The van der Waals surface area contributed by atoms with E-state index in [0.29, 0.717) is 21.2 Å². The van der Waals surface area contributed by atoms with Gasteiger partial charge >= 0.3 is 0 Å². The highest BCUT2D eigenvalue weighted by Gasteiger charge is 2.18. The van der Waals surface area contributed by atoms with Crippen molar-refractivity contribution in [2.75, 3.05) is 0 Å². The van der Waals surface area contributed by atoms with E-state index in [9.17, 15) is 4.79 Å². The molecule has 3 aromatic rings. The molecular weight excluding hydrogens is 291 g/mol. The number of ketones is 1. The summed E-state index contributed by atoms with van der Waals surface area (Å²) in [5.41, 5.74) is 0.963. The van der Waals surface area contributed by atoms with Crippen molar-refractivity contribution in [1.82, 2.24) is 0 Å². The van der Waals surface area contributed by atoms with Crippen LogP contribution in [0, 0.1) is 0 Å². The number of benzene rings is 3. The zero-order chi connectivity index (χ0) is 14.1. The van der Waals surface area contributed by atoms with Crippen LogP contribution in [0.15, 0.2) is 60.7 Å². The molecule has 0 saturated carbocycles. The van der Waals surface area contributed by atoms with Crippen LogP contribution in [0.25, 0.3) is 10.8 Å². The first-order valence-electron chi connectivity index (χ1n) is 6.15. The summed E-state index contributed by atoms with van der Waals surface area (Å²) < 4.78 is 0. The Morgan fingerprint density at radius 2 is 1.35 bits per heavy atom. The van der Waals surface area contributed by atoms with Crippen molar-refractivity contribution >= 4 is 39.8 Å². The Hall–Kier alpha value is -1.83. The fourth-order valence-electron chi connectivity index (χ4n) is 2.27. The minimum Gasteiger partial charge on any atom is -0.288 e. The lowest BCUT2D eigenvalue weighted by Gasteiger charge is -2.08. The molecular formula is C17H10Cl2O. The van der Waals surface area contributed by atoms with Crippen molar-refractivity contribution in [3.05, 3.63) is 81.8 Å². The number of hydrogen-bond donors (Lipinski definition) is 0. The van der Waals surface area contributed by atoms with E-state index in [1.54, 1.807) is 24.3 Å². The Labute approximate surface area is 126 Å². The van der Waals surface area contributed by atoms with E-state index in [2.05, 4.69) is 0 Å². The molecule has 0 fully saturated rings. The fourth-order valence-corrected chi connectivity index (χ4v) is 2.84. The van der Waals surface area contributed by atoms with Crippen LogP contribution in [0.2, 0.25) is 10.0 Å². The lowest BCUT2D eigenvalue weighted by Crippen LogP contribution is -2.04. The van der Waals surface area contributed by atoms with E-state index < -0.39 is 0 Å². The van der Waals surface area contributed by atoms with E-state index >= 15 is 0 Å². The number of rotatable bonds is 2. The van der Waals surface area contributed by atoms with Gasteiger partial charge in [0.2, 0.25) is 0 Å². The van der Waals surface area contributed by atoms with E-state index in [-0.39, 0.29) is 5.78 Å². The molecule has 0 saturated heterocycles. The normalized spacial score (nSPS) is 10.7. The van der Waals surface area contributed by atoms with Gasteiger partial charge in [-0.1, -0.05) is 71.7 Å². The second-order valence-electron chi connectivity index (χ2n) is 4.45. The van der Waals surface area contributed by atoms with Gasteiger partial charge in [0.15, 0.2) is 5.78 Å². The van der Waals surface area contributed by atoms with Crippen LogP contribution < -0.4 is 0 Å². The van der Waals surface area contributed by atoms with Crippen LogP contribution in [0.3, 0.4) is 0 Å². The second kappa shape index (κ2) is 5.28. The molecule has 3 heteroatoms. The van der Waals surface area contributed by atoms with Gasteiger partial charge in [-0.05, 0) is 22.9 Å². The molecule has 0 bridgehead atoms. The van der Waals surface area contributed by atoms with E-state index in [1.807, 2.05) is 36.4 Å². The van der Waals surface area contributed by atoms with Crippen molar-refractivity contribution in [2.45, 2.75) is 0 Å². The molecule has 0 aliphatic carbocycles. The Balaban J connectivity index is 2.24. The first-order valence-corrected chi connectivity index (χ1v) is 6.90. The summed E-state index contributed by atoms with van der Waals surface area (Å²) in [5.74, 6) is -0.155. The molecule has 0 radical (unpaired) electrons. The van der Waals surface area contributed by atoms with Gasteiger partial charge in [0, 0.05) is 5.56 Å². The first kappa shape index (κ1) is 13.2. The highest BCUT2D eigenvalue weighted by atomic mass is 35.5. The number of carbonyl (C=O) groups excluding carboxylic acids is 1. The van der Waals surface area contributed by atoms with Crippen LogP contribution in [0.5, 0.6) is 0 Å². The Bertz CT molecular complexity index is 783. The highest BCUT2D eigenvalue weighted by Crippen LogP contribution is 2.29. The SMILES string of the molecule is O=C(c1c(Cl)cccc1Cl)c1cccc2ccccc12. The quantitative estimate of drug-likeness (QED) is 0.581. The minimum absolute atomic E-state index is 0.155. The molecule has 0 spiro atoms. The third-order valence-electron chi connectivity index (χ3n) is 3.22. The molecule has 0 heterocycles. The maximum Gasteiger partial charge on any atom is 0.196 e. The van der Waals surface area contributed by atoms with Gasteiger partial charge in [-0.3, -0.25) is 4.79 Å². The molecule has 0 atom stereocenters. The molecule has 3 rings (SSSR count). The molecule has 3 aromatic carbocycles. The molecule has 0 aliphatic heterocycles. The van der Waals surface area contributed by atoms with Crippen LogP contribution in [0.4, 0.5) is 0 Å². The predicted molar refractivity (Wildman–Crippen MR) is 83.8 cm³/mol. The Morgan fingerprint density at radius 3 is 2.10 bits per heavy atom. The molecule has 0 unspecified atom stereocenters. The summed E-state index contributed by atoms with van der Waals surface area (Å²) in [6.07, 6.45) is 0. The molecule has 1 nitrogen and oxygen atoms in total. The monoisotopic (exact) mass is 300 g/mol. The van der Waals surface area contributed by atoms with Crippen LogP contribution in [0.1, 0.15) is 15.9 Å². The summed E-state index contributed by atoms with van der Waals surface area (Å²) >= 11 is 12.2. The van der Waals surface area contributed by atoms with Crippen molar-refractivity contribution in [2.24, 2.45) is 0 Å². The topological polar surface area (TPSA) is 17.1 Å². The molecule has 20 heavy (non-hydrogen) atoms. The summed E-state index contributed by atoms with van der Waals surface area (Å²) in [5, 5.41) is 2.66. The van der Waals surface area contributed by atoms with E-state index in [1.165, 1.54) is 0 Å². The van der Waals surface area contributed by atoms with Crippen molar-refractivity contribution in [3.8, 4) is 0 Å². The van der Waals surface area contributed by atoms with Crippen molar-refractivity contribution in [3.63, 3.8) is 0 Å². The van der Waals surface area contributed by atoms with Gasteiger partial charge in [0.1, 0.15) is 0 Å². The standard InChI is InChI=1S/C17H10Cl2O/c18-14-9-4-10-15(19)16(14)17(20)13-8-3-6-11-5-1-2-7-12(11)13/h1-10H. The van der Waals surface area contributed by atoms with E-state index in [4.69, 9.17) is 23.2 Å². The van der Waals surface area contributed by atoms with Crippen molar-refractivity contribution in [1.29, 1.82) is 0 Å². The average Bonchev–Trinajstić information content (AvgIpc) is 2.46. The Kier molecular flexibility index (Phi) is 3.47. The Morgan fingerprint density at radius 1 is 0.750 bits per heavy atom. The molecule has 0 amide bonds. The number of hydrogen-bond acceptors (Lipinski definition) is 1. The van der Waals surface area contributed by atoms with Gasteiger partial charge in [-0.25, -0.2) is 0 Å². The number of halogens is 2. The summed E-state index contributed by atoms with van der Waals surface area (Å²) in [6, 6.07) is 18.5. The highest BCUT2D eigenvalue weighted by molar-refractivity contribution is 6.41. The number of carbonyl (C=O) groups is 1. The van der Waals surface area contributed by atoms with Gasteiger partial charge in [0.05, 0.1) is 15.6 Å². The second-order valence-corrected chi connectivity index (χ2v) is 5.27. The maximum atomic E-state index is 12.7. The van der Waals surface area contributed by atoms with Crippen LogP contribution >= 0.6 is 23.2 Å². The van der Waals surface area contributed by atoms with Gasteiger partial charge < -0.3 is 0 Å². The fraction of sp³-hybridized carbons (Fsp3) is 0. The third kappa shape index (κ3) is 2.20. The lowest BCUT2D eigenvalue weighted by molar-refractivity contribution is 0.104. The van der Waals surface area contributed by atoms with Crippen LogP contribution in [-0.2, 0) is 0 Å². The van der Waals surface area contributed by atoms with Gasteiger partial charge in [0.25, 0.3) is 0 Å². The van der Waals surface area contributed by atoms with Crippen LogP contribution in [-0.4, -0.2) is 5.78 Å². The summed E-state index contributed by atoms with van der Waals surface area (Å²) in [6.45, 7) is 0. The zero-order valence-corrected chi connectivity index (χ0v) is 11.9. The van der Waals surface area contributed by atoms with E-state index in [0.717, 1.165) is 10.8 Å². The van der Waals surface area contributed by atoms with Gasteiger partial charge in [-0.2, -0.15) is 0 Å². The summed E-state index contributed by atoms with van der Waals surface area (Å²) in [4.78, 5) is 12.7. The predicted octanol–water partition coefficient (Wildman–Crippen LogP) is 5.38. The third-order valence-corrected chi connectivity index (χ3v) is 3.85. The lowest BCUT2D eigenvalue weighted by atomic mass is 9.97. The molecule has 0 aliphatic rings. The smallest absolute Gasteiger partial charge is 0.196 e.